The first-order chi connectivity index (χ1) is 12.1. The lowest BCUT2D eigenvalue weighted by Gasteiger charge is -2.19. The van der Waals surface area contributed by atoms with Crippen LogP contribution < -0.4 is 10.1 Å². The van der Waals surface area contributed by atoms with E-state index in [0.717, 1.165) is 17.7 Å². The third-order valence-corrected chi connectivity index (χ3v) is 4.74. The molecule has 0 spiro atoms. The van der Waals surface area contributed by atoms with E-state index in [9.17, 15) is 9.59 Å². The van der Waals surface area contributed by atoms with Gasteiger partial charge in [-0.25, -0.2) is 0 Å². The molecule has 1 aromatic carbocycles. The van der Waals surface area contributed by atoms with Gasteiger partial charge in [-0.1, -0.05) is 25.1 Å². The summed E-state index contributed by atoms with van der Waals surface area (Å²) in [5.41, 5.74) is 2.17. The average molecular weight is 341 g/mol. The van der Waals surface area contributed by atoms with Gasteiger partial charge >= 0.3 is 0 Å². The zero-order chi connectivity index (χ0) is 18.0. The maximum Gasteiger partial charge on any atom is 0.287 e. The lowest BCUT2D eigenvalue weighted by molar-refractivity contribution is 0.0901. The molecule has 0 aliphatic heterocycles. The molecule has 1 aliphatic carbocycles. The van der Waals surface area contributed by atoms with Gasteiger partial charge in [-0.15, -0.1) is 0 Å². The minimum absolute atomic E-state index is 0.0679. The van der Waals surface area contributed by atoms with Crippen molar-refractivity contribution >= 4 is 11.7 Å². The molecule has 5 nitrogen and oxygen atoms in total. The topological polar surface area (TPSA) is 68.5 Å². The lowest BCUT2D eigenvalue weighted by Crippen LogP contribution is -2.28. The Morgan fingerprint density at radius 1 is 1.32 bits per heavy atom. The van der Waals surface area contributed by atoms with Gasteiger partial charge in [0, 0.05) is 24.0 Å². The zero-order valence-electron chi connectivity index (χ0n) is 14.8. The Morgan fingerprint density at radius 2 is 2.08 bits per heavy atom. The molecule has 5 heteroatoms. The van der Waals surface area contributed by atoms with Crippen LogP contribution in [0.3, 0.4) is 0 Å². The highest BCUT2D eigenvalue weighted by molar-refractivity contribution is 6.03. The summed E-state index contributed by atoms with van der Waals surface area (Å²) in [6, 6.07) is 7.44. The van der Waals surface area contributed by atoms with E-state index in [2.05, 4.69) is 5.32 Å². The van der Waals surface area contributed by atoms with Crippen LogP contribution >= 0.6 is 0 Å². The van der Waals surface area contributed by atoms with Gasteiger partial charge in [0.25, 0.3) is 5.91 Å². The number of carbonyl (C=O) groups is 2. The van der Waals surface area contributed by atoms with Crippen molar-refractivity contribution in [3.8, 4) is 5.75 Å². The third kappa shape index (κ3) is 3.18. The predicted molar refractivity (Wildman–Crippen MR) is 94.2 cm³/mol. The summed E-state index contributed by atoms with van der Waals surface area (Å²) in [7, 11) is 1.61. The largest absolute Gasteiger partial charge is 0.496 e. The number of hydrogen-bond acceptors (Lipinski definition) is 4. The van der Waals surface area contributed by atoms with Gasteiger partial charge in [-0.3, -0.25) is 9.59 Å². The highest BCUT2D eigenvalue weighted by Crippen LogP contribution is 2.31. The molecule has 1 heterocycles. The minimum Gasteiger partial charge on any atom is -0.496 e. The van der Waals surface area contributed by atoms with Gasteiger partial charge < -0.3 is 14.5 Å². The maximum absolute atomic E-state index is 12.8. The monoisotopic (exact) mass is 341 g/mol. The molecular formula is C20H23NO4. The van der Waals surface area contributed by atoms with E-state index >= 15 is 0 Å². The first-order valence-corrected chi connectivity index (χ1v) is 8.66. The van der Waals surface area contributed by atoms with Crippen LogP contribution in [0, 0.1) is 6.92 Å². The molecule has 25 heavy (non-hydrogen) atoms. The number of para-hydroxylation sites is 1. The number of amides is 1. The van der Waals surface area contributed by atoms with Crippen molar-refractivity contribution < 1.29 is 18.7 Å². The van der Waals surface area contributed by atoms with Crippen molar-refractivity contribution in [3.63, 3.8) is 0 Å². The van der Waals surface area contributed by atoms with Crippen LogP contribution in [0.4, 0.5) is 0 Å². The Morgan fingerprint density at radius 3 is 2.76 bits per heavy atom. The number of furan rings is 1. The Hall–Kier alpha value is -2.56. The van der Waals surface area contributed by atoms with E-state index in [0.29, 0.717) is 36.1 Å². The lowest BCUT2D eigenvalue weighted by atomic mass is 9.94. The highest BCUT2D eigenvalue weighted by atomic mass is 16.5. The molecule has 0 fully saturated rings. The van der Waals surface area contributed by atoms with Crippen molar-refractivity contribution in [1.29, 1.82) is 0 Å². The number of benzene rings is 1. The number of ketones is 1. The number of ether oxygens (including phenoxy) is 1. The highest BCUT2D eigenvalue weighted by Gasteiger charge is 2.29. The Kier molecular flexibility index (Phi) is 4.93. The zero-order valence-corrected chi connectivity index (χ0v) is 14.8. The number of rotatable bonds is 5. The number of aryl methyl sites for hydroxylation is 1. The molecule has 1 amide bonds. The quantitative estimate of drug-likeness (QED) is 0.892. The van der Waals surface area contributed by atoms with E-state index in [1.165, 1.54) is 0 Å². The first kappa shape index (κ1) is 17.3. The van der Waals surface area contributed by atoms with E-state index in [1.807, 2.05) is 31.2 Å². The number of nitrogens with one attached hydrogen (secondary N) is 1. The van der Waals surface area contributed by atoms with Gasteiger partial charge in [0.2, 0.25) is 0 Å². The average Bonchev–Trinajstić information content (AvgIpc) is 2.97. The van der Waals surface area contributed by atoms with Crippen molar-refractivity contribution in [2.75, 3.05) is 7.11 Å². The van der Waals surface area contributed by atoms with Gasteiger partial charge in [-0.2, -0.15) is 0 Å². The number of carbonyl (C=O) groups excluding carboxylic acids is 2. The molecule has 1 aliphatic rings. The number of fused-ring (bicyclic) bond motifs is 1. The molecule has 0 saturated carbocycles. The second kappa shape index (κ2) is 7.13. The van der Waals surface area contributed by atoms with E-state index in [1.54, 1.807) is 14.0 Å². The van der Waals surface area contributed by atoms with Crippen LogP contribution in [0.2, 0.25) is 0 Å². The normalized spacial score (nSPS) is 14.8. The molecule has 1 aromatic heterocycles. The van der Waals surface area contributed by atoms with Gasteiger partial charge in [0.05, 0.1) is 18.7 Å². The van der Waals surface area contributed by atoms with Crippen LogP contribution in [0.5, 0.6) is 5.75 Å². The van der Waals surface area contributed by atoms with Crippen molar-refractivity contribution in [2.45, 2.75) is 45.6 Å². The summed E-state index contributed by atoms with van der Waals surface area (Å²) in [6.45, 7) is 3.78. The van der Waals surface area contributed by atoms with Crippen molar-refractivity contribution in [2.24, 2.45) is 0 Å². The Bertz CT molecular complexity index is 806. The van der Waals surface area contributed by atoms with E-state index < -0.39 is 0 Å². The molecule has 132 valence electrons. The van der Waals surface area contributed by atoms with Crippen LogP contribution in [-0.4, -0.2) is 18.8 Å². The van der Waals surface area contributed by atoms with Crippen molar-refractivity contribution in [3.05, 3.63) is 52.5 Å². The van der Waals surface area contributed by atoms with Crippen LogP contribution in [0.25, 0.3) is 0 Å². The number of hydrogen-bond donors (Lipinski definition) is 1. The number of Topliss-reactive ketones (excluding diaryl/α,β-unsaturated/α-hetero) is 1. The Balaban J connectivity index is 1.87. The molecule has 0 bridgehead atoms. The SMILES string of the molecule is CC[C@H](NC(=O)c1oc2c(c1C)C(=O)CCC2)c1ccccc1OC. The van der Waals surface area contributed by atoms with Crippen LogP contribution in [0.15, 0.2) is 28.7 Å². The van der Waals surface area contributed by atoms with E-state index in [4.69, 9.17) is 9.15 Å². The third-order valence-electron chi connectivity index (χ3n) is 4.74. The first-order valence-electron chi connectivity index (χ1n) is 8.66. The fraction of sp³-hybridized carbons (Fsp3) is 0.400. The number of methoxy groups -OCH3 is 1. The molecule has 0 radical (unpaired) electrons. The van der Waals surface area contributed by atoms with E-state index in [-0.39, 0.29) is 23.5 Å². The maximum atomic E-state index is 12.8. The molecule has 0 unspecified atom stereocenters. The molecule has 3 rings (SSSR count). The van der Waals surface area contributed by atoms with Gasteiger partial charge in [0.15, 0.2) is 11.5 Å². The summed E-state index contributed by atoms with van der Waals surface area (Å²) < 4.78 is 11.1. The molecular weight excluding hydrogens is 318 g/mol. The molecule has 0 saturated heterocycles. The minimum atomic E-state index is -0.294. The standard InChI is InChI=1S/C20H23NO4/c1-4-14(13-8-5-6-10-16(13)24-3)21-20(23)19-12(2)18-15(22)9-7-11-17(18)25-19/h5-6,8,10,14H,4,7,9,11H2,1-3H3,(H,21,23)/t14-/m0/s1. The summed E-state index contributed by atoms with van der Waals surface area (Å²) in [5.74, 6) is 1.40. The smallest absolute Gasteiger partial charge is 0.287 e. The summed E-state index contributed by atoms with van der Waals surface area (Å²) in [5, 5.41) is 3.01. The summed E-state index contributed by atoms with van der Waals surface area (Å²) in [4.78, 5) is 24.9. The molecule has 1 N–H and O–H groups in total. The summed E-state index contributed by atoms with van der Waals surface area (Å²) >= 11 is 0. The second-order valence-corrected chi connectivity index (χ2v) is 6.31. The van der Waals surface area contributed by atoms with Crippen molar-refractivity contribution in [1.82, 2.24) is 5.32 Å². The Labute approximate surface area is 147 Å². The second-order valence-electron chi connectivity index (χ2n) is 6.31. The molecule has 2 aromatic rings. The predicted octanol–water partition coefficient (Wildman–Crippen LogP) is 4.00. The molecule has 1 atom stereocenters. The van der Waals surface area contributed by atoms with Crippen LogP contribution in [0.1, 0.15) is 70.0 Å². The fourth-order valence-corrected chi connectivity index (χ4v) is 3.44. The summed E-state index contributed by atoms with van der Waals surface area (Å²) in [6.07, 6.45) is 2.72. The van der Waals surface area contributed by atoms with Gasteiger partial charge in [-0.05, 0) is 25.8 Å². The van der Waals surface area contributed by atoms with Gasteiger partial charge in [0.1, 0.15) is 11.5 Å². The fourth-order valence-electron chi connectivity index (χ4n) is 3.44. The van der Waals surface area contributed by atoms with Crippen LogP contribution in [-0.2, 0) is 6.42 Å².